The largest absolute Gasteiger partial charge is 0.468 e. The van der Waals surface area contributed by atoms with Crippen molar-refractivity contribution in [1.29, 1.82) is 0 Å². The Balaban J connectivity index is 2.93. The van der Waals surface area contributed by atoms with E-state index in [9.17, 15) is 19.5 Å². The van der Waals surface area contributed by atoms with Gasteiger partial charge in [0.2, 0.25) is 0 Å². The number of rotatable bonds is 8. The van der Waals surface area contributed by atoms with Crippen LogP contribution in [0.1, 0.15) is 13.8 Å². The summed E-state index contributed by atoms with van der Waals surface area (Å²) in [5, 5.41) is 9.85. The summed E-state index contributed by atoms with van der Waals surface area (Å²) in [7, 11) is 2.73. The van der Waals surface area contributed by atoms with Crippen LogP contribution in [0.15, 0.2) is 0 Å². The zero-order valence-corrected chi connectivity index (χ0v) is 18.8. The van der Waals surface area contributed by atoms with Gasteiger partial charge in [0, 0.05) is 58.9 Å². The van der Waals surface area contributed by atoms with Crippen LogP contribution in [-0.2, 0) is 23.9 Å². The SMILES string of the molecule is COC(=O)CN1CCN(CC(C)=O)CCN(CC(C)O)CCN(CC(=O)OC)CC1. The minimum absolute atomic E-state index is 0.0907. The van der Waals surface area contributed by atoms with Crippen molar-refractivity contribution in [3.05, 3.63) is 0 Å². The molecule has 1 atom stereocenters. The average Bonchev–Trinajstić information content (AvgIpc) is 2.68. The van der Waals surface area contributed by atoms with Crippen LogP contribution >= 0.6 is 0 Å². The van der Waals surface area contributed by atoms with E-state index in [1.165, 1.54) is 14.2 Å². The van der Waals surface area contributed by atoms with E-state index in [0.29, 0.717) is 65.4 Å². The zero-order valence-electron chi connectivity index (χ0n) is 18.8. The van der Waals surface area contributed by atoms with Crippen molar-refractivity contribution >= 4 is 17.7 Å². The van der Waals surface area contributed by atoms with Crippen molar-refractivity contribution in [2.24, 2.45) is 0 Å². The number of aliphatic hydroxyl groups excluding tert-OH is 1. The number of carbonyl (C=O) groups is 3. The lowest BCUT2D eigenvalue weighted by Crippen LogP contribution is -2.49. The molecule has 1 aliphatic heterocycles. The lowest BCUT2D eigenvalue weighted by molar-refractivity contribution is -0.143. The number of methoxy groups -OCH3 is 2. The van der Waals surface area contributed by atoms with Gasteiger partial charge in [-0.15, -0.1) is 0 Å². The molecule has 174 valence electrons. The molecule has 1 aliphatic rings. The minimum Gasteiger partial charge on any atom is -0.468 e. The van der Waals surface area contributed by atoms with Crippen LogP contribution in [0.25, 0.3) is 0 Å². The number of β-amino-alcohol motifs (C(OH)–C–C–N with tert-alkyl or cyclic N) is 1. The molecule has 0 aromatic heterocycles. The van der Waals surface area contributed by atoms with Gasteiger partial charge < -0.3 is 14.6 Å². The number of Topliss-reactive ketones (excluding diaryl/α,β-unsaturated/α-hetero) is 1. The van der Waals surface area contributed by atoms with E-state index in [-0.39, 0.29) is 30.8 Å². The topological polar surface area (TPSA) is 103 Å². The van der Waals surface area contributed by atoms with Crippen LogP contribution in [-0.4, -0.2) is 141 Å². The predicted molar refractivity (Wildman–Crippen MR) is 112 cm³/mol. The number of esters is 2. The van der Waals surface area contributed by atoms with Gasteiger partial charge in [0.25, 0.3) is 0 Å². The molecule has 0 radical (unpaired) electrons. The van der Waals surface area contributed by atoms with E-state index >= 15 is 0 Å². The molecule has 0 aromatic rings. The van der Waals surface area contributed by atoms with Gasteiger partial charge in [-0.3, -0.25) is 34.0 Å². The Labute approximate surface area is 179 Å². The van der Waals surface area contributed by atoms with Gasteiger partial charge in [-0.2, -0.15) is 0 Å². The van der Waals surface area contributed by atoms with E-state index in [1.807, 2.05) is 9.80 Å². The number of aliphatic hydroxyl groups is 1. The standard InChI is InChI=1S/C20H38N4O6/c1-17(25)13-21-5-6-22(14-18(2)26)8-10-24(16-20(28)30-4)12-11-23(9-7-21)15-19(27)29-3/h17,25H,5-16H2,1-4H3. The van der Waals surface area contributed by atoms with E-state index in [0.717, 1.165) is 0 Å². The molecule has 1 heterocycles. The van der Waals surface area contributed by atoms with Crippen LogP contribution in [0, 0.1) is 0 Å². The van der Waals surface area contributed by atoms with Gasteiger partial charge in [0.05, 0.1) is 40.0 Å². The Kier molecular flexibility index (Phi) is 12.7. The fraction of sp³-hybridized carbons (Fsp3) is 0.850. The number of nitrogens with zero attached hydrogens (tertiary/aromatic N) is 4. The fourth-order valence-electron chi connectivity index (χ4n) is 3.42. The number of ether oxygens (including phenoxy) is 2. The van der Waals surface area contributed by atoms with Gasteiger partial charge >= 0.3 is 11.9 Å². The highest BCUT2D eigenvalue weighted by atomic mass is 16.5. The Morgan fingerprint density at radius 1 is 0.733 bits per heavy atom. The average molecular weight is 431 g/mol. The van der Waals surface area contributed by atoms with Crippen molar-refractivity contribution in [3.8, 4) is 0 Å². The van der Waals surface area contributed by atoms with Crippen molar-refractivity contribution in [3.63, 3.8) is 0 Å². The summed E-state index contributed by atoms with van der Waals surface area (Å²) in [4.78, 5) is 43.5. The van der Waals surface area contributed by atoms with Gasteiger partial charge in [0.1, 0.15) is 5.78 Å². The number of hydrogen-bond acceptors (Lipinski definition) is 10. The summed E-state index contributed by atoms with van der Waals surface area (Å²) in [6.45, 7) is 9.59. The Morgan fingerprint density at radius 3 is 1.37 bits per heavy atom. The second-order valence-electron chi connectivity index (χ2n) is 7.83. The summed E-state index contributed by atoms with van der Waals surface area (Å²) >= 11 is 0. The molecule has 1 unspecified atom stereocenters. The van der Waals surface area contributed by atoms with Gasteiger partial charge in [-0.05, 0) is 13.8 Å². The lowest BCUT2D eigenvalue weighted by atomic mass is 10.3. The molecule has 0 aliphatic carbocycles. The molecule has 1 rings (SSSR count). The molecule has 0 spiro atoms. The maximum Gasteiger partial charge on any atom is 0.319 e. The molecule has 10 nitrogen and oxygen atoms in total. The first-order valence-electron chi connectivity index (χ1n) is 10.4. The monoisotopic (exact) mass is 430 g/mol. The predicted octanol–water partition coefficient (Wildman–Crippen LogP) is -1.48. The van der Waals surface area contributed by atoms with Gasteiger partial charge in [0.15, 0.2) is 0 Å². The van der Waals surface area contributed by atoms with E-state index in [1.54, 1.807) is 13.8 Å². The first-order valence-corrected chi connectivity index (χ1v) is 10.4. The smallest absolute Gasteiger partial charge is 0.319 e. The molecule has 0 aromatic carbocycles. The van der Waals surface area contributed by atoms with Crippen LogP contribution in [0.5, 0.6) is 0 Å². The van der Waals surface area contributed by atoms with Crippen LogP contribution in [0.3, 0.4) is 0 Å². The minimum atomic E-state index is -0.469. The molecule has 0 bridgehead atoms. The van der Waals surface area contributed by atoms with E-state index < -0.39 is 6.10 Å². The third-order valence-corrected chi connectivity index (χ3v) is 5.06. The van der Waals surface area contributed by atoms with Crippen LogP contribution < -0.4 is 0 Å². The van der Waals surface area contributed by atoms with Crippen molar-refractivity contribution in [2.75, 3.05) is 92.8 Å². The Morgan fingerprint density at radius 2 is 1.07 bits per heavy atom. The third-order valence-electron chi connectivity index (χ3n) is 5.06. The lowest BCUT2D eigenvalue weighted by Gasteiger charge is -2.33. The van der Waals surface area contributed by atoms with E-state index in [2.05, 4.69) is 9.80 Å². The molecule has 1 saturated heterocycles. The third kappa shape index (κ3) is 11.6. The number of ketones is 1. The maximum atomic E-state index is 11.8. The van der Waals surface area contributed by atoms with Crippen molar-refractivity contribution in [1.82, 2.24) is 19.6 Å². The highest BCUT2D eigenvalue weighted by Gasteiger charge is 2.20. The van der Waals surface area contributed by atoms with Gasteiger partial charge in [-0.1, -0.05) is 0 Å². The highest BCUT2D eigenvalue weighted by Crippen LogP contribution is 2.03. The van der Waals surface area contributed by atoms with Gasteiger partial charge in [-0.25, -0.2) is 0 Å². The Hall–Kier alpha value is -1.59. The first-order chi connectivity index (χ1) is 14.2. The second kappa shape index (κ2) is 14.4. The quantitative estimate of drug-likeness (QED) is 0.459. The zero-order chi connectivity index (χ0) is 22.5. The molecule has 30 heavy (non-hydrogen) atoms. The summed E-state index contributed by atoms with van der Waals surface area (Å²) in [5.74, 6) is -0.535. The summed E-state index contributed by atoms with van der Waals surface area (Å²) in [5.41, 5.74) is 0. The number of hydrogen-bond donors (Lipinski definition) is 1. The van der Waals surface area contributed by atoms with Crippen LogP contribution in [0.4, 0.5) is 0 Å². The fourth-order valence-corrected chi connectivity index (χ4v) is 3.42. The number of carbonyl (C=O) groups excluding carboxylic acids is 3. The molecule has 0 saturated carbocycles. The second-order valence-corrected chi connectivity index (χ2v) is 7.83. The molecular weight excluding hydrogens is 392 g/mol. The summed E-state index contributed by atoms with van der Waals surface area (Å²) < 4.78 is 9.63. The Bertz CT molecular complexity index is 545. The van der Waals surface area contributed by atoms with Crippen molar-refractivity contribution in [2.45, 2.75) is 20.0 Å². The molecular formula is C20H38N4O6. The van der Waals surface area contributed by atoms with Crippen LogP contribution in [0.2, 0.25) is 0 Å². The van der Waals surface area contributed by atoms with Crippen molar-refractivity contribution < 1.29 is 29.0 Å². The normalized spacial score (nSPS) is 20.0. The molecule has 1 N–H and O–H groups in total. The first kappa shape index (κ1) is 26.4. The van der Waals surface area contributed by atoms with E-state index in [4.69, 9.17) is 9.47 Å². The summed E-state index contributed by atoms with van der Waals surface area (Å²) in [6.07, 6.45) is -0.469. The molecule has 0 amide bonds. The maximum absolute atomic E-state index is 11.8. The molecule has 10 heteroatoms. The molecule has 1 fully saturated rings. The highest BCUT2D eigenvalue weighted by molar-refractivity contribution is 5.77. The summed E-state index contributed by atoms with van der Waals surface area (Å²) in [6, 6.07) is 0.